The summed E-state index contributed by atoms with van der Waals surface area (Å²) in [5, 5.41) is 35.3. The summed E-state index contributed by atoms with van der Waals surface area (Å²) in [5.74, 6) is -3.13. The van der Waals surface area contributed by atoms with E-state index in [1.54, 1.807) is 19.9 Å². The number of fused-ring (bicyclic) bond motifs is 1. The van der Waals surface area contributed by atoms with Crippen LogP contribution in [-0.2, 0) is 19.2 Å². The molecule has 5 N–H and O–H groups in total. The van der Waals surface area contributed by atoms with Crippen molar-refractivity contribution in [3.63, 3.8) is 0 Å². The lowest BCUT2D eigenvalue weighted by Gasteiger charge is -2.54. The van der Waals surface area contributed by atoms with Crippen LogP contribution in [0.1, 0.15) is 40.5 Å². The van der Waals surface area contributed by atoms with E-state index in [9.17, 15) is 34.5 Å². The number of carbonyl (C=O) groups is 4. The van der Waals surface area contributed by atoms with Gasteiger partial charge in [0, 0.05) is 28.3 Å². The first-order valence-electron chi connectivity index (χ1n) is 11.7. The SMILES string of the molecule is CC1CC=C(C(=O)O)C=C1NC(=O)C1CC(SC2=C(C(=O)O)N3C(=O)C(C)(C(C)O)C3C2C)CN1. The van der Waals surface area contributed by atoms with Crippen molar-refractivity contribution in [1.82, 2.24) is 15.5 Å². The number of carbonyl (C=O) groups excluding carboxylic acids is 2. The lowest BCUT2D eigenvalue weighted by Crippen LogP contribution is -2.70. The Kier molecular flexibility index (Phi) is 6.62. The van der Waals surface area contributed by atoms with Crippen LogP contribution in [0.25, 0.3) is 0 Å². The molecule has 10 nitrogen and oxygen atoms in total. The van der Waals surface area contributed by atoms with E-state index >= 15 is 0 Å². The number of nitrogens with one attached hydrogen (secondary N) is 2. The fourth-order valence-electron chi connectivity index (χ4n) is 5.48. The molecule has 1 aliphatic carbocycles. The van der Waals surface area contributed by atoms with Gasteiger partial charge in [-0.05, 0) is 38.7 Å². The van der Waals surface area contributed by atoms with Crippen molar-refractivity contribution in [2.75, 3.05) is 6.54 Å². The van der Waals surface area contributed by atoms with E-state index in [1.165, 1.54) is 22.7 Å². The molecule has 0 saturated carbocycles. The predicted octanol–water partition coefficient (Wildman–Crippen LogP) is 1.04. The molecule has 4 aliphatic rings. The van der Waals surface area contributed by atoms with Crippen molar-refractivity contribution in [2.45, 2.75) is 64.0 Å². The zero-order valence-corrected chi connectivity index (χ0v) is 20.9. The zero-order chi connectivity index (χ0) is 25.8. The highest BCUT2D eigenvalue weighted by Gasteiger charge is 2.67. The minimum Gasteiger partial charge on any atom is -0.478 e. The van der Waals surface area contributed by atoms with Crippen LogP contribution in [-0.4, -0.2) is 74.0 Å². The number of aliphatic carboxylic acids is 2. The average Bonchev–Trinajstić information content (AvgIpc) is 3.36. The Hall–Kier alpha value is -2.63. The normalized spacial score (nSPS) is 35.2. The fourth-order valence-corrected chi connectivity index (χ4v) is 6.95. The van der Waals surface area contributed by atoms with E-state index in [2.05, 4.69) is 10.6 Å². The number of hydrogen-bond acceptors (Lipinski definition) is 7. The van der Waals surface area contributed by atoms with Crippen LogP contribution in [0, 0.1) is 17.3 Å². The molecular weight excluding hydrogens is 474 g/mol. The summed E-state index contributed by atoms with van der Waals surface area (Å²) >= 11 is 1.37. The van der Waals surface area contributed by atoms with Gasteiger partial charge < -0.3 is 26.0 Å². The maximum atomic E-state index is 12.9. The first-order chi connectivity index (χ1) is 16.4. The molecule has 0 bridgehead atoms. The molecule has 4 rings (SSSR count). The molecule has 2 fully saturated rings. The molecule has 190 valence electrons. The molecule has 0 aromatic rings. The van der Waals surface area contributed by atoms with E-state index in [0.717, 1.165) is 0 Å². The molecule has 7 unspecified atom stereocenters. The molecular formula is C24H31N3O7S. The molecule has 0 aromatic carbocycles. The molecule has 0 aromatic heterocycles. The number of carboxylic acids is 2. The Morgan fingerprint density at radius 2 is 1.94 bits per heavy atom. The third kappa shape index (κ3) is 4.09. The molecule has 7 atom stereocenters. The van der Waals surface area contributed by atoms with Crippen LogP contribution in [0.15, 0.2) is 34.0 Å². The molecule has 2 saturated heterocycles. The highest BCUT2D eigenvalue weighted by atomic mass is 32.2. The van der Waals surface area contributed by atoms with Crippen molar-refractivity contribution in [3.8, 4) is 0 Å². The second-order valence-electron chi connectivity index (χ2n) is 10.0. The number of nitrogens with zero attached hydrogens (tertiary/aromatic N) is 1. The lowest BCUT2D eigenvalue weighted by molar-refractivity contribution is -0.181. The van der Waals surface area contributed by atoms with Crippen molar-refractivity contribution in [1.29, 1.82) is 0 Å². The minimum atomic E-state index is -1.18. The number of aliphatic hydroxyl groups is 1. The van der Waals surface area contributed by atoms with E-state index in [0.29, 0.717) is 30.0 Å². The van der Waals surface area contributed by atoms with E-state index in [4.69, 9.17) is 0 Å². The molecule has 2 amide bonds. The minimum absolute atomic E-state index is 0.0125. The van der Waals surface area contributed by atoms with Gasteiger partial charge in [-0.1, -0.05) is 19.9 Å². The molecule has 11 heteroatoms. The van der Waals surface area contributed by atoms with Crippen molar-refractivity contribution in [3.05, 3.63) is 34.0 Å². The summed E-state index contributed by atoms with van der Waals surface area (Å²) in [5.41, 5.74) is -0.351. The lowest BCUT2D eigenvalue weighted by atomic mass is 9.66. The predicted molar refractivity (Wildman–Crippen MR) is 128 cm³/mol. The molecule has 35 heavy (non-hydrogen) atoms. The standard InChI is InChI=1S/C24H31N3O7S/c1-10-5-6-13(21(30)31)7-15(10)26-20(29)16-8-14(9-25-16)35-18-11(2)19-24(4,12(3)28)23(34)27(19)17(18)22(32)33/h6-7,10-12,14,16,19,25,28H,5,8-9H2,1-4H3,(H,26,29)(H,30,31)(H,32,33). The number of hydrogen-bond donors (Lipinski definition) is 5. The number of carboxylic acid groups (broad SMARTS) is 2. The van der Waals surface area contributed by atoms with Crippen molar-refractivity contribution in [2.24, 2.45) is 17.3 Å². The number of amides is 2. The highest BCUT2D eigenvalue weighted by molar-refractivity contribution is 8.03. The van der Waals surface area contributed by atoms with Gasteiger partial charge in [0.2, 0.25) is 11.8 Å². The number of aliphatic hydroxyl groups excluding tert-OH is 1. The van der Waals surface area contributed by atoms with Crippen LogP contribution >= 0.6 is 11.8 Å². The van der Waals surface area contributed by atoms with Gasteiger partial charge in [-0.15, -0.1) is 11.8 Å². The van der Waals surface area contributed by atoms with Crippen LogP contribution < -0.4 is 10.6 Å². The largest absolute Gasteiger partial charge is 0.478 e. The van der Waals surface area contributed by atoms with E-state index < -0.39 is 35.5 Å². The molecule has 3 heterocycles. The smallest absolute Gasteiger partial charge is 0.353 e. The maximum absolute atomic E-state index is 12.9. The molecule has 3 aliphatic heterocycles. The summed E-state index contributed by atoms with van der Waals surface area (Å²) in [7, 11) is 0. The van der Waals surface area contributed by atoms with Crippen molar-refractivity contribution >= 4 is 35.5 Å². The van der Waals surface area contributed by atoms with Gasteiger partial charge in [0.25, 0.3) is 0 Å². The topological polar surface area (TPSA) is 156 Å². The number of thioether (sulfide) groups is 1. The number of allylic oxidation sites excluding steroid dienone is 2. The van der Waals surface area contributed by atoms with Gasteiger partial charge in [0.05, 0.1) is 29.2 Å². The first kappa shape index (κ1) is 25.5. The van der Waals surface area contributed by atoms with E-state index in [-0.39, 0.29) is 40.2 Å². The first-order valence-corrected chi connectivity index (χ1v) is 12.6. The van der Waals surface area contributed by atoms with Crippen LogP contribution in [0.2, 0.25) is 0 Å². The Balaban J connectivity index is 1.45. The third-order valence-electron chi connectivity index (χ3n) is 7.75. The summed E-state index contributed by atoms with van der Waals surface area (Å²) < 4.78 is 0. The van der Waals surface area contributed by atoms with Gasteiger partial charge in [0.15, 0.2) is 0 Å². The summed E-state index contributed by atoms with van der Waals surface area (Å²) in [6, 6.07) is -0.931. The van der Waals surface area contributed by atoms with Gasteiger partial charge >= 0.3 is 11.9 Å². The van der Waals surface area contributed by atoms with Gasteiger partial charge in [-0.2, -0.15) is 0 Å². The van der Waals surface area contributed by atoms with Gasteiger partial charge in [-0.25, -0.2) is 9.59 Å². The Morgan fingerprint density at radius 3 is 2.54 bits per heavy atom. The van der Waals surface area contributed by atoms with Crippen molar-refractivity contribution < 1.29 is 34.5 Å². The van der Waals surface area contributed by atoms with Gasteiger partial charge in [0.1, 0.15) is 5.70 Å². The molecule has 0 spiro atoms. The second kappa shape index (κ2) is 9.11. The quantitative estimate of drug-likeness (QED) is 0.319. The average molecular weight is 506 g/mol. The molecule has 0 radical (unpaired) electrons. The Labute approximate surface area is 207 Å². The Bertz CT molecular complexity index is 1080. The highest BCUT2D eigenvalue weighted by Crippen LogP contribution is 2.57. The van der Waals surface area contributed by atoms with E-state index in [1.807, 2.05) is 13.8 Å². The fraction of sp³-hybridized carbons (Fsp3) is 0.583. The van der Waals surface area contributed by atoms with Crippen LogP contribution in [0.3, 0.4) is 0 Å². The maximum Gasteiger partial charge on any atom is 0.353 e. The number of rotatable bonds is 7. The summed E-state index contributed by atoms with van der Waals surface area (Å²) in [4.78, 5) is 51.0. The van der Waals surface area contributed by atoms with Gasteiger partial charge in [-0.3, -0.25) is 14.5 Å². The summed E-state index contributed by atoms with van der Waals surface area (Å²) in [6.07, 6.45) is 3.19. The monoisotopic (exact) mass is 505 g/mol. The number of β-lactam (4-membered cyclic amide) rings is 1. The zero-order valence-electron chi connectivity index (χ0n) is 20.1. The third-order valence-corrected chi connectivity index (χ3v) is 9.26. The summed E-state index contributed by atoms with van der Waals surface area (Å²) in [6.45, 7) is 7.49. The second-order valence-corrected chi connectivity index (χ2v) is 11.4. The van der Waals surface area contributed by atoms with Crippen LogP contribution in [0.4, 0.5) is 0 Å². The Morgan fingerprint density at radius 1 is 1.26 bits per heavy atom. The van der Waals surface area contributed by atoms with Crippen LogP contribution in [0.5, 0.6) is 0 Å².